The molecule has 1 rings (SSSR count). The molecule has 1 aliphatic heterocycles. The predicted octanol–water partition coefficient (Wildman–Crippen LogP) is 1.06. The second kappa shape index (κ2) is 4.74. The van der Waals surface area contributed by atoms with Crippen LogP contribution < -0.4 is 5.32 Å². The van der Waals surface area contributed by atoms with Crippen LogP contribution in [0.2, 0.25) is 0 Å². The van der Waals surface area contributed by atoms with Gasteiger partial charge in [0, 0.05) is 6.42 Å². The quantitative estimate of drug-likeness (QED) is 0.800. The first-order valence-electron chi connectivity index (χ1n) is 5.07. The van der Waals surface area contributed by atoms with Crippen molar-refractivity contribution in [3.63, 3.8) is 0 Å². The Hall–Kier alpha value is -0.230. The van der Waals surface area contributed by atoms with Gasteiger partial charge in [0.05, 0.1) is 18.1 Å². The van der Waals surface area contributed by atoms with Crippen LogP contribution in [0.5, 0.6) is 0 Å². The SMILES string of the molecule is CNCC(F)(F)CC1CCCS(=O)(=O)C1. The predicted molar refractivity (Wildman–Crippen MR) is 54.9 cm³/mol. The summed E-state index contributed by atoms with van der Waals surface area (Å²) in [7, 11) is -1.61. The van der Waals surface area contributed by atoms with Crippen LogP contribution in [0.25, 0.3) is 0 Å². The van der Waals surface area contributed by atoms with Crippen molar-refractivity contribution >= 4 is 9.84 Å². The van der Waals surface area contributed by atoms with Crippen LogP contribution in [0.15, 0.2) is 0 Å². The van der Waals surface area contributed by atoms with Crippen molar-refractivity contribution in [2.24, 2.45) is 5.92 Å². The summed E-state index contributed by atoms with van der Waals surface area (Å²) in [5.74, 6) is -3.10. The molecule has 3 nitrogen and oxygen atoms in total. The second-order valence-corrected chi connectivity index (χ2v) is 6.44. The smallest absolute Gasteiger partial charge is 0.260 e. The van der Waals surface area contributed by atoms with Crippen LogP contribution in [0, 0.1) is 5.92 Å². The zero-order valence-corrected chi connectivity index (χ0v) is 9.62. The van der Waals surface area contributed by atoms with Crippen LogP contribution in [0.3, 0.4) is 0 Å². The summed E-state index contributed by atoms with van der Waals surface area (Å²) in [5, 5.41) is 2.42. The van der Waals surface area contributed by atoms with Crippen LogP contribution in [-0.4, -0.2) is 39.4 Å². The molecule has 1 saturated heterocycles. The molecule has 6 heteroatoms. The molecule has 0 amide bonds. The van der Waals surface area contributed by atoms with E-state index < -0.39 is 15.8 Å². The Morgan fingerprint density at radius 1 is 1.47 bits per heavy atom. The zero-order chi connectivity index (χ0) is 11.5. The standard InChI is InChI=1S/C9H17F2NO2S/c1-12-7-9(10,11)5-8-3-2-4-15(13,14)6-8/h8,12H,2-7H2,1H3. The molecule has 1 N–H and O–H groups in total. The first-order valence-corrected chi connectivity index (χ1v) is 6.90. The van der Waals surface area contributed by atoms with Gasteiger partial charge in [-0.25, -0.2) is 17.2 Å². The van der Waals surface area contributed by atoms with Gasteiger partial charge >= 0.3 is 0 Å². The van der Waals surface area contributed by atoms with E-state index in [2.05, 4.69) is 5.32 Å². The van der Waals surface area contributed by atoms with Gasteiger partial charge in [0.15, 0.2) is 9.84 Å². The lowest BCUT2D eigenvalue weighted by atomic mass is 9.97. The molecule has 90 valence electrons. The normalized spacial score (nSPS) is 26.5. The van der Waals surface area contributed by atoms with Gasteiger partial charge in [-0.15, -0.1) is 0 Å². The van der Waals surface area contributed by atoms with Crippen molar-refractivity contribution in [1.29, 1.82) is 0 Å². The maximum Gasteiger partial charge on any atom is 0.260 e. The summed E-state index contributed by atoms with van der Waals surface area (Å²) in [6, 6.07) is 0. The number of hydrogen-bond acceptors (Lipinski definition) is 3. The van der Waals surface area contributed by atoms with E-state index in [0.29, 0.717) is 12.8 Å². The fraction of sp³-hybridized carbons (Fsp3) is 1.00. The van der Waals surface area contributed by atoms with Gasteiger partial charge in [0.25, 0.3) is 5.92 Å². The molecule has 1 fully saturated rings. The van der Waals surface area contributed by atoms with Gasteiger partial charge in [0.2, 0.25) is 0 Å². The minimum Gasteiger partial charge on any atom is -0.314 e. The van der Waals surface area contributed by atoms with Crippen LogP contribution in [0.1, 0.15) is 19.3 Å². The maximum absolute atomic E-state index is 13.2. The Morgan fingerprint density at radius 3 is 2.67 bits per heavy atom. The molecule has 0 spiro atoms. The molecule has 1 aliphatic rings. The third kappa shape index (κ3) is 4.42. The molecule has 0 saturated carbocycles. The van der Waals surface area contributed by atoms with Gasteiger partial charge < -0.3 is 5.32 Å². The van der Waals surface area contributed by atoms with Gasteiger partial charge in [0.1, 0.15) is 0 Å². The fourth-order valence-electron chi connectivity index (χ4n) is 2.03. The number of sulfone groups is 1. The molecule has 1 heterocycles. The molecule has 0 bridgehead atoms. The van der Waals surface area contributed by atoms with Crippen LogP contribution in [-0.2, 0) is 9.84 Å². The van der Waals surface area contributed by atoms with Gasteiger partial charge in [-0.3, -0.25) is 0 Å². The first kappa shape index (κ1) is 12.8. The van der Waals surface area contributed by atoms with E-state index in [1.165, 1.54) is 7.05 Å². The van der Waals surface area contributed by atoms with Crippen molar-refractivity contribution < 1.29 is 17.2 Å². The van der Waals surface area contributed by atoms with Crippen molar-refractivity contribution in [1.82, 2.24) is 5.32 Å². The minimum atomic E-state index is -3.07. The molecule has 0 aromatic rings. The Kier molecular flexibility index (Phi) is 4.06. The Bertz CT molecular complexity index is 303. The summed E-state index contributed by atoms with van der Waals surface area (Å²) in [6.45, 7) is -0.385. The van der Waals surface area contributed by atoms with E-state index in [9.17, 15) is 17.2 Å². The Labute approximate surface area is 89.2 Å². The summed E-state index contributed by atoms with van der Waals surface area (Å²) < 4.78 is 48.9. The van der Waals surface area contributed by atoms with E-state index in [4.69, 9.17) is 0 Å². The number of alkyl halides is 2. The Morgan fingerprint density at radius 2 is 2.13 bits per heavy atom. The summed E-state index contributed by atoms with van der Waals surface area (Å²) in [6.07, 6.45) is 0.786. The third-order valence-electron chi connectivity index (χ3n) is 2.58. The number of halogens is 2. The van der Waals surface area contributed by atoms with E-state index in [-0.39, 0.29) is 30.4 Å². The lowest BCUT2D eigenvalue weighted by Gasteiger charge is -2.26. The van der Waals surface area contributed by atoms with E-state index in [1.807, 2.05) is 0 Å². The molecular formula is C9H17F2NO2S. The average Bonchev–Trinajstić information content (AvgIpc) is 1.99. The first-order chi connectivity index (χ1) is 6.85. The molecule has 0 radical (unpaired) electrons. The van der Waals surface area contributed by atoms with Crippen molar-refractivity contribution in [2.45, 2.75) is 25.2 Å². The van der Waals surface area contributed by atoms with Gasteiger partial charge in [-0.05, 0) is 25.8 Å². The molecule has 0 aliphatic carbocycles. The summed E-state index contributed by atoms with van der Waals surface area (Å²) >= 11 is 0. The van der Waals surface area contributed by atoms with Crippen molar-refractivity contribution in [3.8, 4) is 0 Å². The summed E-state index contributed by atoms with van der Waals surface area (Å²) in [5.41, 5.74) is 0. The highest BCUT2D eigenvalue weighted by Gasteiger charge is 2.35. The molecule has 1 unspecified atom stereocenters. The fourth-order valence-corrected chi connectivity index (χ4v) is 3.81. The third-order valence-corrected chi connectivity index (χ3v) is 4.47. The minimum absolute atomic E-state index is 0.0771. The summed E-state index contributed by atoms with van der Waals surface area (Å²) in [4.78, 5) is 0. The lowest BCUT2D eigenvalue weighted by Crippen LogP contribution is -2.36. The van der Waals surface area contributed by atoms with Crippen molar-refractivity contribution in [2.75, 3.05) is 25.1 Å². The second-order valence-electron chi connectivity index (χ2n) is 4.21. The maximum atomic E-state index is 13.2. The van der Waals surface area contributed by atoms with E-state index in [0.717, 1.165) is 0 Å². The number of nitrogens with one attached hydrogen (secondary N) is 1. The average molecular weight is 241 g/mol. The highest BCUT2D eigenvalue weighted by molar-refractivity contribution is 7.91. The molecular weight excluding hydrogens is 224 g/mol. The van der Waals surface area contributed by atoms with Gasteiger partial charge in [-0.2, -0.15) is 0 Å². The van der Waals surface area contributed by atoms with Crippen LogP contribution in [0.4, 0.5) is 8.78 Å². The molecule has 1 atom stereocenters. The molecule has 0 aromatic heterocycles. The highest BCUT2D eigenvalue weighted by Crippen LogP contribution is 2.29. The van der Waals surface area contributed by atoms with Crippen LogP contribution >= 0.6 is 0 Å². The number of rotatable bonds is 4. The largest absolute Gasteiger partial charge is 0.314 e. The number of hydrogen-bond donors (Lipinski definition) is 1. The molecule has 15 heavy (non-hydrogen) atoms. The highest BCUT2D eigenvalue weighted by atomic mass is 32.2. The van der Waals surface area contributed by atoms with Gasteiger partial charge in [-0.1, -0.05) is 0 Å². The topological polar surface area (TPSA) is 46.2 Å². The Balaban J connectivity index is 2.51. The van der Waals surface area contributed by atoms with E-state index >= 15 is 0 Å². The lowest BCUT2D eigenvalue weighted by molar-refractivity contribution is -0.0187. The van der Waals surface area contributed by atoms with E-state index in [1.54, 1.807) is 0 Å². The zero-order valence-electron chi connectivity index (χ0n) is 8.80. The molecule has 0 aromatic carbocycles. The van der Waals surface area contributed by atoms with Crippen molar-refractivity contribution in [3.05, 3.63) is 0 Å². The monoisotopic (exact) mass is 241 g/mol.